The summed E-state index contributed by atoms with van der Waals surface area (Å²) in [6.07, 6.45) is 3.18. The number of aryl methyl sites for hydroxylation is 1. The van der Waals surface area contributed by atoms with Gasteiger partial charge in [-0.25, -0.2) is 0 Å². The lowest BCUT2D eigenvalue weighted by molar-refractivity contribution is 0.500. The number of nitrogens with one attached hydrogen (secondary N) is 1. The molecule has 1 saturated heterocycles. The van der Waals surface area contributed by atoms with Crippen molar-refractivity contribution in [1.29, 1.82) is 0 Å². The zero-order chi connectivity index (χ0) is 13.9. The summed E-state index contributed by atoms with van der Waals surface area (Å²) in [6.45, 7) is 3.98. The lowest BCUT2D eigenvalue weighted by atomic mass is 10.1. The first kappa shape index (κ1) is 13.1. The number of aromatic nitrogens is 3. The Morgan fingerprint density at radius 1 is 1.40 bits per heavy atom. The molecule has 0 bridgehead atoms. The van der Waals surface area contributed by atoms with E-state index in [-0.39, 0.29) is 6.04 Å². The Labute approximate surface area is 119 Å². The molecule has 0 saturated carbocycles. The molecule has 0 aliphatic carbocycles. The first-order chi connectivity index (χ1) is 9.78. The summed E-state index contributed by atoms with van der Waals surface area (Å²) < 4.78 is 0. The summed E-state index contributed by atoms with van der Waals surface area (Å²) in [7, 11) is 0. The summed E-state index contributed by atoms with van der Waals surface area (Å²) in [6, 6.07) is 8.55. The number of hydrogen-bond acceptors (Lipinski definition) is 4. The third kappa shape index (κ3) is 2.54. The van der Waals surface area contributed by atoms with Gasteiger partial charge >= 0.3 is 0 Å². The maximum Gasteiger partial charge on any atom is 0.245 e. The number of anilines is 1. The third-order valence-electron chi connectivity index (χ3n) is 3.87. The van der Waals surface area contributed by atoms with Crippen LogP contribution in [0.5, 0.6) is 0 Å². The van der Waals surface area contributed by atoms with Gasteiger partial charge in [-0.1, -0.05) is 31.2 Å². The van der Waals surface area contributed by atoms with Gasteiger partial charge in [-0.3, -0.25) is 5.10 Å². The average Bonchev–Trinajstić information content (AvgIpc) is 2.97. The minimum Gasteiger partial charge on any atom is -0.338 e. The third-order valence-corrected chi connectivity index (χ3v) is 3.87. The van der Waals surface area contributed by atoms with Gasteiger partial charge < -0.3 is 10.6 Å². The van der Waals surface area contributed by atoms with E-state index in [0.717, 1.165) is 49.7 Å². The molecule has 3 N–H and O–H groups in total. The van der Waals surface area contributed by atoms with Crippen LogP contribution in [-0.4, -0.2) is 34.3 Å². The Balaban J connectivity index is 1.86. The SMILES string of the molecule is CCc1ccccc1-c1nc(N2CCCC(N)C2)n[nH]1. The number of H-pyrrole nitrogens is 1. The quantitative estimate of drug-likeness (QED) is 0.895. The van der Waals surface area contributed by atoms with Crippen LogP contribution in [0.2, 0.25) is 0 Å². The average molecular weight is 271 g/mol. The monoisotopic (exact) mass is 271 g/mol. The van der Waals surface area contributed by atoms with E-state index in [4.69, 9.17) is 5.73 Å². The van der Waals surface area contributed by atoms with Gasteiger partial charge in [-0.15, -0.1) is 5.10 Å². The Kier molecular flexibility index (Phi) is 3.69. The highest BCUT2D eigenvalue weighted by molar-refractivity contribution is 5.61. The van der Waals surface area contributed by atoms with Crippen LogP contribution in [-0.2, 0) is 6.42 Å². The fourth-order valence-electron chi connectivity index (χ4n) is 2.77. The molecule has 0 spiro atoms. The van der Waals surface area contributed by atoms with Crippen molar-refractivity contribution in [2.45, 2.75) is 32.2 Å². The zero-order valence-corrected chi connectivity index (χ0v) is 11.8. The van der Waals surface area contributed by atoms with Crippen LogP contribution in [0.4, 0.5) is 5.95 Å². The highest BCUT2D eigenvalue weighted by Crippen LogP contribution is 2.23. The molecule has 2 aromatic rings. The van der Waals surface area contributed by atoms with Crippen molar-refractivity contribution >= 4 is 5.95 Å². The molecule has 5 heteroatoms. The summed E-state index contributed by atoms with van der Waals surface area (Å²) in [5, 5.41) is 7.43. The highest BCUT2D eigenvalue weighted by Gasteiger charge is 2.20. The van der Waals surface area contributed by atoms with Crippen LogP contribution in [0.3, 0.4) is 0 Å². The molecule has 1 aromatic heterocycles. The molecule has 0 radical (unpaired) electrons. The van der Waals surface area contributed by atoms with Crippen molar-refractivity contribution in [2.75, 3.05) is 18.0 Å². The van der Waals surface area contributed by atoms with E-state index >= 15 is 0 Å². The van der Waals surface area contributed by atoms with Crippen molar-refractivity contribution < 1.29 is 0 Å². The van der Waals surface area contributed by atoms with Crippen LogP contribution in [0, 0.1) is 0 Å². The molecule has 2 heterocycles. The van der Waals surface area contributed by atoms with E-state index in [1.54, 1.807) is 0 Å². The first-order valence-corrected chi connectivity index (χ1v) is 7.29. The zero-order valence-electron chi connectivity index (χ0n) is 11.8. The van der Waals surface area contributed by atoms with Gasteiger partial charge in [0.1, 0.15) is 0 Å². The molecule has 1 fully saturated rings. The summed E-state index contributed by atoms with van der Waals surface area (Å²) in [5.74, 6) is 1.61. The summed E-state index contributed by atoms with van der Waals surface area (Å²) >= 11 is 0. The number of nitrogens with two attached hydrogens (primary N) is 1. The Morgan fingerprint density at radius 2 is 2.25 bits per heavy atom. The molecule has 1 aliphatic heterocycles. The Bertz CT molecular complexity index is 577. The van der Waals surface area contributed by atoms with Crippen LogP contribution in [0.1, 0.15) is 25.3 Å². The lowest BCUT2D eigenvalue weighted by Gasteiger charge is -2.29. The standard InChI is InChI=1S/C15H21N5/c1-2-11-6-3-4-8-13(11)14-17-15(19-18-14)20-9-5-7-12(16)10-20/h3-4,6,8,12H,2,5,7,9-10,16H2,1H3,(H,17,18,19). The van der Waals surface area contributed by atoms with Crippen molar-refractivity contribution in [3.63, 3.8) is 0 Å². The molecule has 5 nitrogen and oxygen atoms in total. The minimum atomic E-state index is 0.230. The molecular formula is C15H21N5. The van der Waals surface area contributed by atoms with Crippen molar-refractivity contribution in [2.24, 2.45) is 5.73 Å². The molecule has 106 valence electrons. The van der Waals surface area contributed by atoms with Crippen LogP contribution in [0.15, 0.2) is 24.3 Å². The minimum absolute atomic E-state index is 0.230. The molecule has 1 unspecified atom stereocenters. The number of aromatic amines is 1. The van der Waals surface area contributed by atoms with E-state index in [1.807, 2.05) is 6.07 Å². The van der Waals surface area contributed by atoms with Gasteiger partial charge in [0.05, 0.1) is 0 Å². The summed E-state index contributed by atoms with van der Waals surface area (Å²) in [4.78, 5) is 6.82. The lowest BCUT2D eigenvalue weighted by Crippen LogP contribution is -2.43. The number of hydrogen-bond donors (Lipinski definition) is 2. The molecular weight excluding hydrogens is 250 g/mol. The molecule has 1 aromatic carbocycles. The second-order valence-electron chi connectivity index (χ2n) is 5.34. The Morgan fingerprint density at radius 3 is 3.05 bits per heavy atom. The van der Waals surface area contributed by atoms with Crippen LogP contribution >= 0.6 is 0 Å². The number of nitrogens with zero attached hydrogens (tertiary/aromatic N) is 3. The normalized spacial score (nSPS) is 19.3. The topological polar surface area (TPSA) is 70.8 Å². The molecule has 3 rings (SSSR count). The number of piperidine rings is 1. The van der Waals surface area contributed by atoms with E-state index in [2.05, 4.69) is 45.2 Å². The molecule has 1 aliphatic rings. The molecule has 1 atom stereocenters. The van der Waals surface area contributed by atoms with Gasteiger partial charge in [0.2, 0.25) is 5.95 Å². The van der Waals surface area contributed by atoms with E-state index in [9.17, 15) is 0 Å². The fourth-order valence-corrected chi connectivity index (χ4v) is 2.77. The molecule has 0 amide bonds. The Hall–Kier alpha value is -1.88. The number of rotatable bonds is 3. The molecule has 20 heavy (non-hydrogen) atoms. The smallest absolute Gasteiger partial charge is 0.245 e. The predicted molar refractivity (Wildman–Crippen MR) is 80.6 cm³/mol. The maximum atomic E-state index is 6.02. The van der Waals surface area contributed by atoms with Crippen molar-refractivity contribution in [3.05, 3.63) is 29.8 Å². The second-order valence-corrected chi connectivity index (χ2v) is 5.34. The van der Waals surface area contributed by atoms with Gasteiger partial charge in [-0.2, -0.15) is 4.98 Å². The van der Waals surface area contributed by atoms with Gasteiger partial charge in [0, 0.05) is 24.7 Å². The maximum absolute atomic E-state index is 6.02. The van der Waals surface area contributed by atoms with Crippen LogP contribution < -0.4 is 10.6 Å². The predicted octanol–water partition coefficient (Wildman–Crippen LogP) is 1.96. The summed E-state index contributed by atoms with van der Waals surface area (Å²) in [5.41, 5.74) is 8.44. The van der Waals surface area contributed by atoms with Gasteiger partial charge in [0.25, 0.3) is 0 Å². The highest BCUT2D eigenvalue weighted by atomic mass is 15.4. The van der Waals surface area contributed by atoms with E-state index in [0.29, 0.717) is 0 Å². The van der Waals surface area contributed by atoms with Gasteiger partial charge in [0.15, 0.2) is 5.82 Å². The fraction of sp³-hybridized carbons (Fsp3) is 0.467. The van der Waals surface area contributed by atoms with E-state index in [1.165, 1.54) is 5.56 Å². The van der Waals surface area contributed by atoms with Gasteiger partial charge in [-0.05, 0) is 24.8 Å². The largest absolute Gasteiger partial charge is 0.338 e. The van der Waals surface area contributed by atoms with Crippen molar-refractivity contribution in [3.8, 4) is 11.4 Å². The van der Waals surface area contributed by atoms with Crippen molar-refractivity contribution in [1.82, 2.24) is 15.2 Å². The first-order valence-electron chi connectivity index (χ1n) is 7.29. The van der Waals surface area contributed by atoms with Crippen LogP contribution in [0.25, 0.3) is 11.4 Å². The second kappa shape index (κ2) is 5.63. The number of benzene rings is 1. The van der Waals surface area contributed by atoms with E-state index < -0.39 is 0 Å².